The van der Waals surface area contributed by atoms with Gasteiger partial charge in [-0.15, -0.1) is 0 Å². The summed E-state index contributed by atoms with van der Waals surface area (Å²) in [6.45, 7) is 2.30. The molecule has 0 amide bonds. The highest BCUT2D eigenvalue weighted by Crippen LogP contribution is 2.32. The number of nitrogens with zero attached hydrogens (tertiary/aromatic N) is 1. The summed E-state index contributed by atoms with van der Waals surface area (Å²) in [7, 11) is 2.07. The normalized spacial score (nSPS) is 23.7. The molecule has 0 aromatic heterocycles. The third kappa shape index (κ3) is 2.86. The molecule has 2 unspecified atom stereocenters. The number of carbonyl (C=O) groups is 1. The maximum atomic E-state index is 11.1. The molecule has 3 heteroatoms. The molecule has 1 aromatic rings. The van der Waals surface area contributed by atoms with Crippen LogP contribution in [0.1, 0.15) is 43.0 Å². The molecule has 0 saturated heterocycles. The molecule has 18 heavy (non-hydrogen) atoms. The van der Waals surface area contributed by atoms with Crippen molar-refractivity contribution in [3.63, 3.8) is 0 Å². The summed E-state index contributed by atoms with van der Waals surface area (Å²) in [4.78, 5) is 13.3. The molecule has 2 nitrogen and oxygen atoms in total. The van der Waals surface area contributed by atoms with Crippen LogP contribution in [-0.2, 0) is 0 Å². The van der Waals surface area contributed by atoms with Crippen molar-refractivity contribution in [2.24, 2.45) is 5.92 Å². The fraction of sp³-hybridized carbons (Fsp3) is 0.533. The van der Waals surface area contributed by atoms with E-state index in [2.05, 4.69) is 18.9 Å². The Labute approximate surface area is 114 Å². The van der Waals surface area contributed by atoms with Crippen LogP contribution < -0.4 is 4.90 Å². The van der Waals surface area contributed by atoms with Crippen molar-refractivity contribution in [1.82, 2.24) is 0 Å². The number of anilines is 1. The van der Waals surface area contributed by atoms with Crippen molar-refractivity contribution in [3.05, 3.63) is 28.8 Å². The fourth-order valence-electron chi connectivity index (χ4n) is 2.87. The molecule has 0 radical (unpaired) electrons. The van der Waals surface area contributed by atoms with Gasteiger partial charge < -0.3 is 4.90 Å². The molecule has 1 fully saturated rings. The van der Waals surface area contributed by atoms with Crippen LogP contribution in [0.2, 0.25) is 5.02 Å². The van der Waals surface area contributed by atoms with Gasteiger partial charge in [0.15, 0.2) is 6.29 Å². The number of hydrogen-bond acceptors (Lipinski definition) is 2. The summed E-state index contributed by atoms with van der Waals surface area (Å²) in [6.07, 6.45) is 5.90. The number of aldehydes is 1. The van der Waals surface area contributed by atoms with Gasteiger partial charge in [0, 0.05) is 29.4 Å². The van der Waals surface area contributed by atoms with Gasteiger partial charge >= 0.3 is 0 Å². The van der Waals surface area contributed by atoms with Crippen molar-refractivity contribution >= 4 is 23.6 Å². The van der Waals surface area contributed by atoms with Crippen molar-refractivity contribution in [1.29, 1.82) is 0 Å². The second kappa shape index (κ2) is 5.75. The smallest absolute Gasteiger partial charge is 0.152 e. The van der Waals surface area contributed by atoms with Gasteiger partial charge in [0.25, 0.3) is 0 Å². The maximum absolute atomic E-state index is 11.1. The zero-order valence-corrected chi connectivity index (χ0v) is 11.8. The monoisotopic (exact) mass is 265 g/mol. The SMILES string of the molecule is CC1CCCC(N(C)c2cc(Cl)ccc2C=O)C1. The van der Waals surface area contributed by atoms with Crippen LogP contribution in [0.15, 0.2) is 18.2 Å². The van der Waals surface area contributed by atoms with Crippen LogP contribution in [0.4, 0.5) is 5.69 Å². The summed E-state index contributed by atoms with van der Waals surface area (Å²) in [5, 5.41) is 0.686. The van der Waals surface area contributed by atoms with Crippen LogP contribution in [0.3, 0.4) is 0 Å². The van der Waals surface area contributed by atoms with Crippen LogP contribution in [0.5, 0.6) is 0 Å². The predicted molar refractivity (Wildman–Crippen MR) is 76.7 cm³/mol. The fourth-order valence-corrected chi connectivity index (χ4v) is 3.04. The van der Waals surface area contributed by atoms with Gasteiger partial charge in [-0.1, -0.05) is 31.4 Å². The third-order valence-corrected chi connectivity index (χ3v) is 4.19. The minimum Gasteiger partial charge on any atom is -0.371 e. The molecule has 2 rings (SSSR count). The summed E-state index contributed by atoms with van der Waals surface area (Å²) < 4.78 is 0. The van der Waals surface area contributed by atoms with E-state index in [4.69, 9.17) is 11.6 Å². The van der Waals surface area contributed by atoms with E-state index in [0.717, 1.165) is 23.5 Å². The first kappa shape index (κ1) is 13.4. The zero-order valence-electron chi connectivity index (χ0n) is 11.0. The molecule has 0 N–H and O–H groups in total. The lowest BCUT2D eigenvalue weighted by molar-refractivity contribution is 0.112. The molecule has 1 aliphatic carbocycles. The van der Waals surface area contributed by atoms with Crippen molar-refractivity contribution in [2.45, 2.75) is 38.6 Å². The molecule has 0 spiro atoms. The Bertz CT molecular complexity index is 433. The standard InChI is InChI=1S/C15H20ClNO/c1-11-4-3-5-14(8-11)17(2)15-9-13(16)7-6-12(15)10-18/h6-7,9-11,14H,3-5,8H2,1-2H3. The number of rotatable bonds is 3. The summed E-state index contributed by atoms with van der Waals surface area (Å²) in [5.41, 5.74) is 1.68. The Morgan fingerprint density at radius 1 is 1.39 bits per heavy atom. The molecular formula is C15H20ClNO. The van der Waals surface area contributed by atoms with E-state index in [0.29, 0.717) is 11.1 Å². The molecule has 98 valence electrons. The van der Waals surface area contributed by atoms with E-state index >= 15 is 0 Å². The van der Waals surface area contributed by atoms with E-state index in [1.54, 1.807) is 12.1 Å². The van der Waals surface area contributed by atoms with E-state index in [1.807, 2.05) is 6.07 Å². The second-order valence-corrected chi connectivity index (χ2v) is 5.79. The van der Waals surface area contributed by atoms with Gasteiger partial charge in [-0.05, 0) is 37.0 Å². The minimum atomic E-state index is 0.519. The van der Waals surface area contributed by atoms with Crippen molar-refractivity contribution in [3.8, 4) is 0 Å². The van der Waals surface area contributed by atoms with Crippen LogP contribution in [-0.4, -0.2) is 19.4 Å². The second-order valence-electron chi connectivity index (χ2n) is 5.36. The van der Waals surface area contributed by atoms with Crippen LogP contribution in [0, 0.1) is 5.92 Å². The van der Waals surface area contributed by atoms with Gasteiger partial charge in [-0.3, -0.25) is 4.79 Å². The van der Waals surface area contributed by atoms with E-state index in [1.165, 1.54) is 25.7 Å². The molecule has 0 heterocycles. The average Bonchev–Trinajstić information content (AvgIpc) is 2.38. The first-order valence-corrected chi connectivity index (χ1v) is 6.97. The molecule has 1 aliphatic rings. The molecule has 1 aromatic carbocycles. The van der Waals surface area contributed by atoms with Gasteiger partial charge in [0.1, 0.15) is 0 Å². The first-order valence-electron chi connectivity index (χ1n) is 6.59. The third-order valence-electron chi connectivity index (χ3n) is 3.96. The zero-order chi connectivity index (χ0) is 13.1. The van der Waals surface area contributed by atoms with Crippen LogP contribution in [0.25, 0.3) is 0 Å². The van der Waals surface area contributed by atoms with E-state index in [9.17, 15) is 4.79 Å². The molecule has 0 bridgehead atoms. The number of halogens is 1. The van der Waals surface area contributed by atoms with Gasteiger partial charge in [0.2, 0.25) is 0 Å². The highest BCUT2D eigenvalue weighted by atomic mass is 35.5. The Kier molecular flexibility index (Phi) is 4.28. The molecule has 1 saturated carbocycles. The Morgan fingerprint density at radius 2 is 2.17 bits per heavy atom. The van der Waals surface area contributed by atoms with Crippen LogP contribution >= 0.6 is 11.6 Å². The Morgan fingerprint density at radius 3 is 2.83 bits per heavy atom. The lowest BCUT2D eigenvalue weighted by Gasteiger charge is -2.36. The molecule has 2 atom stereocenters. The minimum absolute atomic E-state index is 0.519. The van der Waals surface area contributed by atoms with Crippen molar-refractivity contribution in [2.75, 3.05) is 11.9 Å². The number of carbonyl (C=O) groups excluding carboxylic acids is 1. The van der Waals surface area contributed by atoms with Gasteiger partial charge in [-0.2, -0.15) is 0 Å². The Balaban J connectivity index is 2.24. The predicted octanol–water partition coefficient (Wildman–Crippen LogP) is 4.17. The number of hydrogen-bond donors (Lipinski definition) is 0. The van der Waals surface area contributed by atoms with Gasteiger partial charge in [0.05, 0.1) is 0 Å². The highest BCUT2D eigenvalue weighted by molar-refractivity contribution is 6.31. The first-order chi connectivity index (χ1) is 8.61. The van der Waals surface area contributed by atoms with E-state index < -0.39 is 0 Å². The summed E-state index contributed by atoms with van der Waals surface area (Å²) in [6, 6.07) is 5.98. The molecular weight excluding hydrogens is 246 g/mol. The van der Waals surface area contributed by atoms with Gasteiger partial charge in [-0.25, -0.2) is 0 Å². The lowest BCUT2D eigenvalue weighted by atomic mass is 9.86. The lowest BCUT2D eigenvalue weighted by Crippen LogP contribution is -2.36. The van der Waals surface area contributed by atoms with Crippen molar-refractivity contribution < 1.29 is 4.79 Å². The average molecular weight is 266 g/mol. The largest absolute Gasteiger partial charge is 0.371 e. The van der Waals surface area contributed by atoms with E-state index in [-0.39, 0.29) is 0 Å². The maximum Gasteiger partial charge on any atom is 0.152 e. The number of benzene rings is 1. The summed E-state index contributed by atoms with van der Waals surface area (Å²) in [5.74, 6) is 0.769. The highest BCUT2D eigenvalue weighted by Gasteiger charge is 2.23. The summed E-state index contributed by atoms with van der Waals surface area (Å²) >= 11 is 6.04. The quantitative estimate of drug-likeness (QED) is 0.765. The Hall–Kier alpha value is -1.02. The molecule has 0 aliphatic heterocycles. The topological polar surface area (TPSA) is 20.3 Å².